The maximum atomic E-state index is 12.2. The van der Waals surface area contributed by atoms with Crippen molar-refractivity contribution in [3.05, 3.63) is 35.9 Å². The molecule has 1 rings (SSSR count). The smallest absolute Gasteiger partial charge is 0.332 e. The molecular weight excluding hydrogens is 308 g/mol. The average Bonchev–Trinajstić information content (AvgIpc) is 2.48. The van der Waals surface area contributed by atoms with Gasteiger partial charge in [-0.3, -0.25) is 4.79 Å². The van der Waals surface area contributed by atoms with Crippen molar-refractivity contribution in [3.8, 4) is 0 Å². The Morgan fingerprint density at radius 3 is 2.25 bits per heavy atom. The van der Waals surface area contributed by atoms with Crippen LogP contribution in [0.3, 0.4) is 0 Å². The van der Waals surface area contributed by atoms with Gasteiger partial charge in [-0.1, -0.05) is 44.2 Å². The summed E-state index contributed by atoms with van der Waals surface area (Å²) >= 11 is 0. The van der Waals surface area contributed by atoms with Crippen molar-refractivity contribution < 1.29 is 23.8 Å². The van der Waals surface area contributed by atoms with E-state index in [9.17, 15) is 9.59 Å². The molecule has 0 aliphatic carbocycles. The van der Waals surface area contributed by atoms with Gasteiger partial charge >= 0.3 is 11.9 Å². The number of rotatable bonds is 8. The van der Waals surface area contributed by atoms with Gasteiger partial charge in [0.15, 0.2) is 0 Å². The molecule has 134 valence electrons. The molecule has 5 nitrogen and oxygen atoms in total. The first-order valence-electron chi connectivity index (χ1n) is 8.19. The Hall–Kier alpha value is -1.88. The topological polar surface area (TPSA) is 61.8 Å². The van der Waals surface area contributed by atoms with Crippen molar-refractivity contribution in [2.24, 2.45) is 11.8 Å². The molecule has 0 aliphatic heterocycles. The molecule has 1 aromatic rings. The van der Waals surface area contributed by atoms with Gasteiger partial charge in [0.2, 0.25) is 0 Å². The van der Waals surface area contributed by atoms with E-state index in [0.717, 1.165) is 5.56 Å². The van der Waals surface area contributed by atoms with E-state index in [0.29, 0.717) is 0 Å². The molecule has 1 atom stereocenters. The minimum atomic E-state index is -0.549. The third-order valence-electron chi connectivity index (χ3n) is 3.27. The first-order chi connectivity index (χ1) is 11.2. The number of benzene rings is 1. The highest BCUT2D eigenvalue weighted by atomic mass is 16.6. The van der Waals surface area contributed by atoms with Gasteiger partial charge in [-0.2, -0.15) is 0 Å². The first-order valence-corrected chi connectivity index (χ1v) is 8.19. The van der Waals surface area contributed by atoms with Crippen molar-refractivity contribution in [3.63, 3.8) is 0 Å². The summed E-state index contributed by atoms with van der Waals surface area (Å²) in [6.45, 7) is 9.41. The molecule has 0 radical (unpaired) electrons. The van der Waals surface area contributed by atoms with Crippen LogP contribution >= 0.6 is 0 Å². The molecule has 0 fully saturated rings. The average molecular weight is 336 g/mol. The second-order valence-corrected chi connectivity index (χ2v) is 7.05. The molecule has 0 bridgehead atoms. The van der Waals surface area contributed by atoms with Crippen LogP contribution < -0.4 is 0 Å². The fourth-order valence-corrected chi connectivity index (χ4v) is 2.01. The number of ether oxygens (including phenoxy) is 3. The van der Waals surface area contributed by atoms with Crippen molar-refractivity contribution >= 4 is 11.9 Å². The quantitative estimate of drug-likeness (QED) is 0.681. The Kier molecular flexibility index (Phi) is 7.92. The van der Waals surface area contributed by atoms with Crippen LogP contribution in [-0.4, -0.2) is 30.8 Å². The van der Waals surface area contributed by atoms with Crippen LogP contribution in [0.2, 0.25) is 0 Å². The molecule has 0 heterocycles. The maximum absolute atomic E-state index is 12.2. The molecule has 1 aromatic carbocycles. The highest BCUT2D eigenvalue weighted by Crippen LogP contribution is 2.15. The number of carbonyl (C=O) groups is 2. The highest BCUT2D eigenvalue weighted by molar-refractivity contribution is 5.73. The first kappa shape index (κ1) is 20.2. The summed E-state index contributed by atoms with van der Waals surface area (Å²) in [6.07, 6.45) is 0. The zero-order chi connectivity index (χ0) is 18.2. The largest absolute Gasteiger partial charge is 0.461 e. The Balaban J connectivity index is 2.43. The highest BCUT2D eigenvalue weighted by Gasteiger charge is 2.25. The van der Waals surface area contributed by atoms with Crippen LogP contribution in [0.25, 0.3) is 0 Å². The molecule has 0 unspecified atom stereocenters. The van der Waals surface area contributed by atoms with Gasteiger partial charge in [-0.15, -0.1) is 0 Å². The van der Waals surface area contributed by atoms with Crippen molar-refractivity contribution in [2.75, 3.05) is 13.2 Å². The molecule has 0 aliphatic rings. The molecule has 0 N–H and O–H groups in total. The van der Waals surface area contributed by atoms with Gasteiger partial charge in [0.25, 0.3) is 0 Å². The molecule has 5 heteroatoms. The van der Waals surface area contributed by atoms with Crippen molar-refractivity contribution in [1.82, 2.24) is 0 Å². The Labute approximate surface area is 144 Å². The second-order valence-electron chi connectivity index (χ2n) is 7.05. The van der Waals surface area contributed by atoms with E-state index < -0.39 is 17.5 Å². The van der Waals surface area contributed by atoms with Crippen molar-refractivity contribution in [2.45, 2.75) is 46.8 Å². The number of hydrogen-bond acceptors (Lipinski definition) is 5. The van der Waals surface area contributed by atoms with Gasteiger partial charge in [0, 0.05) is 0 Å². The molecular formula is C19H28O5. The van der Waals surface area contributed by atoms with E-state index in [2.05, 4.69) is 0 Å². The van der Waals surface area contributed by atoms with E-state index in [1.54, 1.807) is 20.8 Å². The zero-order valence-corrected chi connectivity index (χ0v) is 15.2. The fourth-order valence-electron chi connectivity index (χ4n) is 2.01. The van der Waals surface area contributed by atoms with Gasteiger partial charge in [0.1, 0.15) is 18.8 Å². The third-order valence-corrected chi connectivity index (χ3v) is 3.27. The van der Waals surface area contributed by atoms with Gasteiger partial charge in [0.05, 0.1) is 12.5 Å². The number of esters is 2. The van der Waals surface area contributed by atoms with E-state index in [4.69, 9.17) is 14.2 Å². The molecule has 0 aromatic heterocycles. The summed E-state index contributed by atoms with van der Waals surface area (Å²) in [5.74, 6) is -1.14. The van der Waals surface area contributed by atoms with E-state index in [1.807, 2.05) is 44.2 Å². The third kappa shape index (κ3) is 8.11. The molecule has 0 spiro atoms. The summed E-state index contributed by atoms with van der Waals surface area (Å²) in [6, 6.07) is 9.50. The van der Waals surface area contributed by atoms with E-state index in [1.165, 1.54) is 0 Å². The fraction of sp³-hybridized carbons (Fsp3) is 0.579. The molecule has 0 amide bonds. The van der Waals surface area contributed by atoms with Crippen LogP contribution in [0.1, 0.15) is 40.2 Å². The summed E-state index contributed by atoms with van der Waals surface area (Å²) in [4.78, 5) is 23.9. The molecule has 24 heavy (non-hydrogen) atoms. The lowest BCUT2D eigenvalue weighted by Gasteiger charge is -2.21. The summed E-state index contributed by atoms with van der Waals surface area (Å²) < 4.78 is 15.9. The van der Waals surface area contributed by atoms with Crippen molar-refractivity contribution in [1.29, 1.82) is 0 Å². The Bertz CT molecular complexity index is 516. The van der Waals surface area contributed by atoms with E-state index >= 15 is 0 Å². The maximum Gasteiger partial charge on any atom is 0.332 e. The minimum absolute atomic E-state index is 0.0481. The standard InChI is InChI=1S/C19H28O5/c1-14(2)16(12-22-13-17(20)24-19(3,4)5)18(21)23-11-15-9-7-6-8-10-15/h6-10,14,16H,11-13H2,1-5H3/t16-/m0/s1. The lowest BCUT2D eigenvalue weighted by Crippen LogP contribution is -2.30. The zero-order valence-electron chi connectivity index (χ0n) is 15.2. The van der Waals surface area contributed by atoms with Crippen LogP contribution in [0, 0.1) is 11.8 Å². The summed E-state index contributed by atoms with van der Waals surface area (Å²) in [5, 5.41) is 0. The normalized spacial score (nSPS) is 12.8. The SMILES string of the molecule is CC(C)[C@H](COCC(=O)OC(C)(C)C)C(=O)OCc1ccccc1. The number of hydrogen-bond donors (Lipinski definition) is 0. The Morgan fingerprint density at radius 1 is 1.08 bits per heavy atom. The summed E-state index contributed by atoms with van der Waals surface area (Å²) in [5.41, 5.74) is 0.384. The monoisotopic (exact) mass is 336 g/mol. The lowest BCUT2D eigenvalue weighted by atomic mass is 9.97. The predicted octanol–water partition coefficient (Wildman–Crippen LogP) is 3.36. The lowest BCUT2D eigenvalue weighted by molar-refractivity contribution is -0.164. The van der Waals surface area contributed by atoms with Gasteiger partial charge < -0.3 is 14.2 Å². The second kappa shape index (κ2) is 9.42. The molecule has 0 saturated heterocycles. The van der Waals surface area contributed by atoms with E-state index in [-0.39, 0.29) is 31.7 Å². The predicted molar refractivity (Wildman–Crippen MR) is 91.2 cm³/mol. The van der Waals surface area contributed by atoms with Crippen LogP contribution in [0.5, 0.6) is 0 Å². The minimum Gasteiger partial charge on any atom is -0.461 e. The van der Waals surface area contributed by atoms with Crippen LogP contribution in [0.4, 0.5) is 0 Å². The molecule has 0 saturated carbocycles. The van der Waals surface area contributed by atoms with Gasteiger partial charge in [-0.05, 0) is 32.3 Å². The number of carbonyl (C=O) groups excluding carboxylic acids is 2. The van der Waals surface area contributed by atoms with Crippen LogP contribution in [0.15, 0.2) is 30.3 Å². The van der Waals surface area contributed by atoms with Crippen LogP contribution in [-0.2, 0) is 30.4 Å². The van der Waals surface area contributed by atoms with Gasteiger partial charge in [-0.25, -0.2) is 4.79 Å². The summed E-state index contributed by atoms with van der Waals surface area (Å²) in [7, 11) is 0. The Morgan fingerprint density at radius 2 is 1.71 bits per heavy atom.